The van der Waals surface area contributed by atoms with Gasteiger partial charge in [-0.1, -0.05) is 12.1 Å². The van der Waals surface area contributed by atoms with E-state index in [0.29, 0.717) is 6.07 Å². The first kappa shape index (κ1) is 22.6. The summed E-state index contributed by atoms with van der Waals surface area (Å²) in [5.41, 5.74) is 0.285. The molecule has 29 heavy (non-hydrogen) atoms. The lowest BCUT2D eigenvalue weighted by Crippen LogP contribution is -2.31. The number of hydrogen-bond acceptors (Lipinski definition) is 7. The first-order valence-electron chi connectivity index (χ1n) is 7.11. The van der Waals surface area contributed by atoms with Gasteiger partial charge < -0.3 is 4.74 Å². The van der Waals surface area contributed by atoms with Gasteiger partial charge in [-0.25, -0.2) is 14.5 Å². The second-order valence-corrected chi connectivity index (χ2v) is 6.39. The summed E-state index contributed by atoms with van der Waals surface area (Å²) in [4.78, 5) is 20.8. The van der Waals surface area contributed by atoms with Gasteiger partial charge in [0.15, 0.2) is 0 Å². The summed E-state index contributed by atoms with van der Waals surface area (Å²) in [6.07, 6.45) is -4.82. The molecule has 0 aliphatic carbocycles. The van der Waals surface area contributed by atoms with Gasteiger partial charge in [0, 0.05) is 0 Å². The van der Waals surface area contributed by atoms with Crippen molar-refractivity contribution in [3.63, 3.8) is 0 Å². The number of hydrogen-bond donors (Lipinski definition) is 2. The molecule has 2 amide bonds. The van der Waals surface area contributed by atoms with Crippen molar-refractivity contribution < 1.29 is 40.0 Å². The van der Waals surface area contributed by atoms with Crippen molar-refractivity contribution in [3.8, 4) is 6.01 Å². The number of rotatable bonds is 6. The molecule has 0 radical (unpaired) electrons. The first-order chi connectivity index (χ1) is 13.4. The van der Waals surface area contributed by atoms with Crippen LogP contribution in [-0.2, 0) is 26.9 Å². The van der Waals surface area contributed by atoms with Crippen molar-refractivity contribution in [1.29, 1.82) is 0 Å². The number of nitrogens with one attached hydrogen (secondary N) is 2. The molecule has 2 N–H and O–H groups in total. The molecule has 1 aromatic carbocycles. The highest BCUT2D eigenvalue weighted by Gasteiger charge is 2.35. The fourth-order valence-electron chi connectivity index (χ4n) is 1.72. The number of carbonyl (C=O) groups excluding carboxylic acids is 1. The zero-order valence-corrected chi connectivity index (χ0v) is 15.5. The Morgan fingerprint density at radius 2 is 1.79 bits per heavy atom. The number of benzene rings is 1. The van der Waals surface area contributed by atoms with Gasteiger partial charge in [-0.2, -0.15) is 41.2 Å². The number of nitrogens with zero attached hydrogens (tertiary/aromatic N) is 3. The quantitative estimate of drug-likeness (QED) is 0.386. The molecule has 0 saturated heterocycles. The maximum absolute atomic E-state index is 13.1. The van der Waals surface area contributed by atoms with Crippen LogP contribution in [-0.4, -0.2) is 32.3 Å². The Bertz CT molecular complexity index is 927. The number of methoxy groups -OCH3 is 1. The number of halogens is 6. The molecule has 0 spiro atoms. The van der Waals surface area contributed by atoms with Gasteiger partial charge in [-0.3, -0.25) is 5.32 Å². The first-order valence-corrected chi connectivity index (χ1v) is 8.56. The van der Waals surface area contributed by atoms with E-state index < -0.39 is 56.9 Å². The summed E-state index contributed by atoms with van der Waals surface area (Å²) in [6.45, 7) is 0. The third-order valence-electron chi connectivity index (χ3n) is 2.86. The monoisotopic (exact) mass is 461 g/mol. The number of aromatic nitrogens is 3. The predicted molar refractivity (Wildman–Crippen MR) is 87.2 cm³/mol. The smallest absolute Gasteiger partial charge is 0.417 e. The van der Waals surface area contributed by atoms with Gasteiger partial charge in [0.2, 0.25) is 22.9 Å². The van der Waals surface area contributed by atoms with E-state index in [-0.39, 0.29) is 0 Å². The highest BCUT2D eigenvalue weighted by molar-refractivity contribution is 7.80. The maximum atomic E-state index is 13.1. The van der Waals surface area contributed by atoms with E-state index >= 15 is 0 Å². The molecule has 1 atom stereocenters. The third-order valence-corrected chi connectivity index (χ3v) is 3.98. The van der Waals surface area contributed by atoms with Crippen LogP contribution in [0, 0.1) is 0 Å². The van der Waals surface area contributed by atoms with E-state index in [0.717, 1.165) is 19.2 Å². The van der Waals surface area contributed by atoms with Crippen LogP contribution in [0.1, 0.15) is 11.4 Å². The van der Waals surface area contributed by atoms with Crippen LogP contribution < -0.4 is 15.5 Å². The molecule has 0 saturated carbocycles. The lowest BCUT2D eigenvalue weighted by Gasteiger charge is -2.12. The average Bonchev–Trinajstić information content (AvgIpc) is 2.64. The van der Waals surface area contributed by atoms with Gasteiger partial charge in [0.25, 0.3) is 0 Å². The normalized spacial score (nSPS) is 12.9. The fraction of sp³-hybridized carbons (Fsp3) is 0.231. The van der Waals surface area contributed by atoms with Crippen molar-refractivity contribution in [2.24, 2.45) is 0 Å². The van der Waals surface area contributed by atoms with Gasteiger partial charge in [-0.15, -0.1) is 0 Å². The molecule has 1 aromatic heterocycles. The minimum absolute atomic E-state index is 0.616. The summed E-state index contributed by atoms with van der Waals surface area (Å²) in [6, 6.07) is 1.83. The molecule has 158 valence electrons. The van der Waals surface area contributed by atoms with E-state index in [4.69, 9.17) is 11.6 Å². The van der Waals surface area contributed by atoms with E-state index in [1.165, 1.54) is 11.5 Å². The third kappa shape index (κ3) is 6.16. The van der Waals surface area contributed by atoms with Crippen molar-refractivity contribution in [2.45, 2.75) is 16.5 Å². The minimum Gasteiger partial charge on any atom is -0.467 e. The summed E-state index contributed by atoms with van der Waals surface area (Å²) >= 11 is 2.04. The molecule has 2 aromatic rings. The summed E-state index contributed by atoms with van der Waals surface area (Å²) in [5, 5.41) is -2.20. The number of anilines is 1. The fourth-order valence-corrected chi connectivity index (χ4v) is 2.60. The van der Waals surface area contributed by atoms with E-state index in [1.807, 2.05) is 5.32 Å². The van der Waals surface area contributed by atoms with Gasteiger partial charge in [-0.05, 0) is 23.7 Å². The molecule has 2 rings (SSSR count). The number of amides is 2. The Labute approximate surface area is 166 Å². The van der Waals surface area contributed by atoms with E-state index in [1.54, 1.807) is 0 Å². The number of ether oxygens (including phenoxy) is 1. The second kappa shape index (κ2) is 8.79. The number of carbonyl (C=O) groups is 1. The van der Waals surface area contributed by atoms with Crippen LogP contribution in [0.5, 0.6) is 6.01 Å². The van der Waals surface area contributed by atoms with Crippen LogP contribution in [0.15, 0.2) is 29.2 Å². The second-order valence-electron chi connectivity index (χ2n) is 4.84. The Kier molecular flexibility index (Phi) is 6.86. The summed E-state index contributed by atoms with van der Waals surface area (Å²) in [5.74, 6) is -2.00. The standard InChI is InChI=1S/C13H9ClF5N5O4S/c1-27-11-21-8(12(14,15)16)20-9(23-11)22-10(25)24-28-29(26)7-5-3-2-4-6(7)13(17,18)19/h2-5H,1H3,(H2,20,21,22,23,24,25). The Morgan fingerprint density at radius 3 is 2.38 bits per heavy atom. The van der Waals surface area contributed by atoms with Gasteiger partial charge in [0.05, 0.1) is 17.6 Å². The molecule has 1 heterocycles. The van der Waals surface area contributed by atoms with Gasteiger partial charge >= 0.3 is 23.6 Å². The SMILES string of the molecule is COc1nc(NC(=O)NOS(=O)c2ccccc2C(F)(F)F)nc(C(F)(F)Cl)n1. The van der Waals surface area contributed by atoms with Crippen LogP contribution >= 0.6 is 11.6 Å². The Morgan fingerprint density at radius 1 is 1.14 bits per heavy atom. The molecule has 1 unspecified atom stereocenters. The molecule has 0 fully saturated rings. The van der Waals surface area contributed by atoms with Crippen LogP contribution in [0.25, 0.3) is 0 Å². The Hall–Kier alpha value is -2.65. The predicted octanol–water partition coefficient (Wildman–Crippen LogP) is 2.96. The highest BCUT2D eigenvalue weighted by Crippen LogP contribution is 2.33. The molecule has 0 aliphatic rings. The summed E-state index contributed by atoms with van der Waals surface area (Å²) in [7, 11) is 1.04. The zero-order chi connectivity index (χ0) is 21.8. The molecule has 0 aliphatic heterocycles. The van der Waals surface area contributed by atoms with Crippen molar-refractivity contribution in [1.82, 2.24) is 20.4 Å². The molecule has 0 bridgehead atoms. The molecule has 9 nitrogen and oxygen atoms in total. The van der Waals surface area contributed by atoms with E-state index in [9.17, 15) is 31.0 Å². The maximum Gasteiger partial charge on any atom is 0.417 e. The van der Waals surface area contributed by atoms with E-state index in [2.05, 4.69) is 24.0 Å². The van der Waals surface area contributed by atoms with Crippen molar-refractivity contribution in [2.75, 3.05) is 12.4 Å². The molecular weight excluding hydrogens is 453 g/mol. The highest BCUT2D eigenvalue weighted by atomic mass is 35.5. The number of alkyl halides is 6. The van der Waals surface area contributed by atoms with Crippen LogP contribution in [0.3, 0.4) is 0 Å². The number of hydroxylamine groups is 1. The zero-order valence-electron chi connectivity index (χ0n) is 14.0. The largest absolute Gasteiger partial charge is 0.467 e. The van der Waals surface area contributed by atoms with Gasteiger partial charge in [0.1, 0.15) is 0 Å². The lowest BCUT2D eigenvalue weighted by molar-refractivity contribution is -0.139. The van der Waals surface area contributed by atoms with Crippen LogP contribution in [0.4, 0.5) is 32.7 Å². The minimum atomic E-state index is -4.82. The van der Waals surface area contributed by atoms with Crippen molar-refractivity contribution >= 4 is 34.7 Å². The van der Waals surface area contributed by atoms with Crippen molar-refractivity contribution in [3.05, 3.63) is 35.7 Å². The molecule has 16 heteroatoms. The topological polar surface area (TPSA) is 115 Å². The average molecular weight is 462 g/mol. The number of urea groups is 1. The molecular formula is C13H9ClF5N5O4S. The summed E-state index contributed by atoms with van der Waals surface area (Å²) < 4.78 is 85.9. The lowest BCUT2D eigenvalue weighted by atomic mass is 10.2. The Balaban J connectivity index is 2.09. The van der Waals surface area contributed by atoms with Crippen LogP contribution in [0.2, 0.25) is 0 Å².